The predicted octanol–water partition coefficient (Wildman–Crippen LogP) is 3.08. The Morgan fingerprint density at radius 2 is 1.94 bits per heavy atom. The van der Waals surface area contributed by atoms with Crippen molar-refractivity contribution < 1.29 is 13.2 Å². The Hall–Kier alpha value is -0.490. The predicted molar refractivity (Wildman–Crippen MR) is 73.1 cm³/mol. The second-order valence-electron chi connectivity index (χ2n) is 3.82. The first-order chi connectivity index (χ1) is 8.33. The average Bonchev–Trinajstić information content (AvgIpc) is 2.31. The third kappa shape index (κ3) is 3.29. The number of sulfonamides is 1. The SMILES string of the molecule is CC[C@H](C)NS(=O)(=O)c1ccc(OC)c(Cl)c1Cl. The summed E-state index contributed by atoms with van der Waals surface area (Å²) < 4.78 is 31.6. The molecule has 0 aliphatic carbocycles. The maximum atomic E-state index is 12.1. The molecule has 1 N–H and O–H groups in total. The van der Waals surface area contributed by atoms with Crippen LogP contribution in [0.3, 0.4) is 0 Å². The number of rotatable bonds is 5. The van der Waals surface area contributed by atoms with Gasteiger partial charge < -0.3 is 4.74 Å². The molecule has 0 saturated carbocycles. The lowest BCUT2D eigenvalue weighted by Gasteiger charge is -2.14. The van der Waals surface area contributed by atoms with E-state index < -0.39 is 10.0 Å². The van der Waals surface area contributed by atoms with E-state index in [9.17, 15) is 8.42 Å². The van der Waals surface area contributed by atoms with E-state index in [-0.39, 0.29) is 21.0 Å². The highest BCUT2D eigenvalue weighted by atomic mass is 35.5. The van der Waals surface area contributed by atoms with Gasteiger partial charge >= 0.3 is 0 Å². The van der Waals surface area contributed by atoms with Gasteiger partial charge in [0.15, 0.2) is 0 Å². The minimum atomic E-state index is -3.67. The topological polar surface area (TPSA) is 55.4 Å². The Balaban J connectivity index is 3.22. The first kappa shape index (κ1) is 15.6. The van der Waals surface area contributed by atoms with Crippen LogP contribution in [0.25, 0.3) is 0 Å². The van der Waals surface area contributed by atoms with E-state index in [1.165, 1.54) is 19.2 Å². The zero-order valence-corrected chi connectivity index (χ0v) is 12.7. The number of ether oxygens (including phenoxy) is 1. The molecule has 1 rings (SSSR count). The smallest absolute Gasteiger partial charge is 0.242 e. The molecule has 1 aromatic rings. The van der Waals surface area contributed by atoms with Gasteiger partial charge in [0.1, 0.15) is 15.7 Å². The first-order valence-electron chi connectivity index (χ1n) is 5.37. The van der Waals surface area contributed by atoms with Gasteiger partial charge in [-0.3, -0.25) is 0 Å². The van der Waals surface area contributed by atoms with Crippen LogP contribution in [0, 0.1) is 0 Å². The fraction of sp³-hybridized carbons (Fsp3) is 0.455. The lowest BCUT2D eigenvalue weighted by molar-refractivity contribution is 0.414. The number of nitrogens with one attached hydrogen (secondary N) is 1. The minimum Gasteiger partial charge on any atom is -0.495 e. The van der Waals surface area contributed by atoms with Crippen molar-refractivity contribution in [2.75, 3.05) is 7.11 Å². The second kappa shape index (κ2) is 6.10. The molecule has 0 spiro atoms. The van der Waals surface area contributed by atoms with Crippen LogP contribution >= 0.6 is 23.2 Å². The number of hydrogen-bond acceptors (Lipinski definition) is 3. The van der Waals surface area contributed by atoms with E-state index in [1.807, 2.05) is 6.92 Å². The molecule has 0 amide bonds. The Morgan fingerprint density at radius 3 is 2.44 bits per heavy atom. The average molecular weight is 312 g/mol. The van der Waals surface area contributed by atoms with Gasteiger partial charge in [-0.25, -0.2) is 13.1 Å². The number of benzene rings is 1. The first-order valence-corrected chi connectivity index (χ1v) is 7.61. The molecule has 0 radical (unpaired) electrons. The molecule has 0 aliphatic heterocycles. The van der Waals surface area contributed by atoms with Gasteiger partial charge in [0.05, 0.1) is 12.1 Å². The summed E-state index contributed by atoms with van der Waals surface area (Å²) in [5, 5.41) is 0.0537. The molecule has 0 aliphatic rings. The van der Waals surface area contributed by atoms with Gasteiger partial charge in [-0.2, -0.15) is 0 Å². The maximum absolute atomic E-state index is 12.1. The molecule has 7 heteroatoms. The zero-order valence-electron chi connectivity index (χ0n) is 10.3. The van der Waals surface area contributed by atoms with Crippen molar-refractivity contribution in [1.82, 2.24) is 4.72 Å². The van der Waals surface area contributed by atoms with Gasteiger partial charge in [-0.15, -0.1) is 0 Å². The number of methoxy groups -OCH3 is 1. The van der Waals surface area contributed by atoms with Crippen LogP contribution in [0.1, 0.15) is 20.3 Å². The zero-order chi connectivity index (χ0) is 13.9. The molecule has 18 heavy (non-hydrogen) atoms. The lowest BCUT2D eigenvalue weighted by atomic mass is 10.3. The van der Waals surface area contributed by atoms with E-state index in [1.54, 1.807) is 6.92 Å². The van der Waals surface area contributed by atoms with E-state index in [4.69, 9.17) is 27.9 Å². The molecular formula is C11H15Cl2NO3S. The van der Waals surface area contributed by atoms with E-state index >= 15 is 0 Å². The van der Waals surface area contributed by atoms with Crippen molar-refractivity contribution in [3.05, 3.63) is 22.2 Å². The molecule has 102 valence electrons. The standard InChI is InChI=1S/C11H15Cl2NO3S/c1-4-7(2)14-18(15,16)9-6-5-8(17-3)10(12)11(9)13/h5-7,14H,4H2,1-3H3/t7-/m0/s1. The number of halogens is 2. The van der Waals surface area contributed by atoms with Gasteiger partial charge in [-0.1, -0.05) is 30.1 Å². The Kier molecular flexibility index (Phi) is 5.28. The van der Waals surface area contributed by atoms with Crippen molar-refractivity contribution in [3.63, 3.8) is 0 Å². The van der Waals surface area contributed by atoms with Crippen molar-refractivity contribution in [3.8, 4) is 5.75 Å². The third-order valence-electron chi connectivity index (χ3n) is 2.49. The third-order valence-corrected chi connectivity index (χ3v) is 5.10. The highest BCUT2D eigenvalue weighted by molar-refractivity contribution is 7.89. The summed E-state index contributed by atoms with van der Waals surface area (Å²) in [5.74, 6) is 0.337. The summed E-state index contributed by atoms with van der Waals surface area (Å²) in [5.41, 5.74) is 0. The molecule has 0 heterocycles. The highest BCUT2D eigenvalue weighted by Crippen LogP contribution is 2.36. The van der Waals surface area contributed by atoms with E-state index in [0.29, 0.717) is 12.2 Å². The van der Waals surface area contributed by atoms with Crippen molar-refractivity contribution in [2.45, 2.75) is 31.2 Å². The Bertz CT molecular complexity index is 531. The molecule has 0 aromatic heterocycles. The van der Waals surface area contributed by atoms with Crippen LogP contribution in [0.2, 0.25) is 10.0 Å². The summed E-state index contributed by atoms with van der Waals surface area (Å²) in [6, 6.07) is 2.67. The summed E-state index contributed by atoms with van der Waals surface area (Å²) >= 11 is 11.9. The fourth-order valence-electron chi connectivity index (χ4n) is 1.29. The van der Waals surface area contributed by atoms with Crippen molar-refractivity contribution >= 4 is 33.2 Å². The van der Waals surface area contributed by atoms with E-state index in [2.05, 4.69) is 4.72 Å². The summed E-state index contributed by atoms with van der Waals surface area (Å²) in [4.78, 5) is -0.0460. The summed E-state index contributed by atoms with van der Waals surface area (Å²) in [7, 11) is -2.24. The van der Waals surface area contributed by atoms with Crippen LogP contribution in [0.15, 0.2) is 17.0 Å². The Morgan fingerprint density at radius 1 is 1.33 bits per heavy atom. The Labute approximate surface area is 117 Å². The highest BCUT2D eigenvalue weighted by Gasteiger charge is 2.22. The normalized spacial score (nSPS) is 13.4. The van der Waals surface area contributed by atoms with Gasteiger partial charge in [-0.05, 0) is 25.5 Å². The fourth-order valence-corrected chi connectivity index (χ4v) is 3.46. The molecule has 0 bridgehead atoms. The monoisotopic (exact) mass is 311 g/mol. The lowest BCUT2D eigenvalue weighted by Crippen LogP contribution is -2.32. The largest absolute Gasteiger partial charge is 0.495 e. The van der Waals surface area contributed by atoms with E-state index in [0.717, 1.165) is 0 Å². The van der Waals surface area contributed by atoms with Crippen LogP contribution in [-0.4, -0.2) is 21.6 Å². The molecule has 1 aromatic carbocycles. The molecular weight excluding hydrogens is 297 g/mol. The molecule has 0 fully saturated rings. The van der Waals surface area contributed by atoms with Gasteiger partial charge in [0.25, 0.3) is 0 Å². The minimum absolute atomic E-state index is 0.0354. The molecule has 1 atom stereocenters. The summed E-state index contributed by atoms with van der Waals surface area (Å²) in [6.45, 7) is 3.66. The van der Waals surface area contributed by atoms with Crippen LogP contribution in [0.4, 0.5) is 0 Å². The quantitative estimate of drug-likeness (QED) is 0.909. The van der Waals surface area contributed by atoms with Gasteiger partial charge in [0, 0.05) is 6.04 Å². The van der Waals surface area contributed by atoms with Crippen LogP contribution in [0.5, 0.6) is 5.75 Å². The van der Waals surface area contributed by atoms with Crippen molar-refractivity contribution in [2.24, 2.45) is 0 Å². The molecule has 0 unspecified atom stereocenters. The molecule has 4 nitrogen and oxygen atoms in total. The van der Waals surface area contributed by atoms with Crippen LogP contribution in [-0.2, 0) is 10.0 Å². The maximum Gasteiger partial charge on any atom is 0.242 e. The number of hydrogen-bond donors (Lipinski definition) is 1. The van der Waals surface area contributed by atoms with Crippen molar-refractivity contribution in [1.29, 1.82) is 0 Å². The van der Waals surface area contributed by atoms with Crippen LogP contribution < -0.4 is 9.46 Å². The molecule has 0 saturated heterocycles. The van der Waals surface area contributed by atoms with Gasteiger partial charge in [0.2, 0.25) is 10.0 Å². The second-order valence-corrected chi connectivity index (χ2v) is 6.26. The summed E-state index contributed by atoms with van der Waals surface area (Å²) in [6.07, 6.45) is 0.681.